The van der Waals surface area contributed by atoms with Crippen molar-refractivity contribution in [3.05, 3.63) is 41.1 Å². The van der Waals surface area contributed by atoms with Crippen LogP contribution >= 0.6 is 0 Å². The van der Waals surface area contributed by atoms with Crippen LogP contribution in [0.15, 0.2) is 30.0 Å². The maximum absolute atomic E-state index is 13.6. The van der Waals surface area contributed by atoms with Gasteiger partial charge in [0.05, 0.1) is 16.8 Å². The number of alkyl halides is 6. The van der Waals surface area contributed by atoms with Crippen molar-refractivity contribution in [2.24, 2.45) is 34.5 Å². The fourth-order valence-corrected chi connectivity index (χ4v) is 7.92. The summed E-state index contributed by atoms with van der Waals surface area (Å²) in [7, 11) is 0. The summed E-state index contributed by atoms with van der Waals surface area (Å²) in [6.45, 7) is 4.19. The van der Waals surface area contributed by atoms with E-state index in [0.29, 0.717) is 43.4 Å². The van der Waals surface area contributed by atoms with Crippen LogP contribution in [0.25, 0.3) is 0 Å². The lowest BCUT2D eigenvalue weighted by Crippen LogP contribution is -2.53. The Morgan fingerprint density at radius 3 is 2.41 bits per heavy atom. The highest BCUT2D eigenvalue weighted by Crippen LogP contribution is 2.65. The average molecular weight is 529 g/mol. The SMILES string of the molecule is C[C@]12CC[C@H]3[C@@H](CC=C4NC(=O)CC[C@@]43C)[C@@H]1CC[C@@H]2C(=O)Nc1cc(C(F)(F)F)ccc1C(F)(F)F. The largest absolute Gasteiger partial charge is 0.418 e. The van der Waals surface area contributed by atoms with Gasteiger partial charge in [0.1, 0.15) is 0 Å². The van der Waals surface area contributed by atoms with Crippen LogP contribution in [-0.2, 0) is 21.9 Å². The number of hydrogen-bond acceptors (Lipinski definition) is 2. The molecule has 6 atom stereocenters. The summed E-state index contributed by atoms with van der Waals surface area (Å²) in [4.78, 5) is 25.3. The van der Waals surface area contributed by atoms with E-state index in [9.17, 15) is 35.9 Å². The first-order valence-electron chi connectivity index (χ1n) is 12.7. The van der Waals surface area contributed by atoms with E-state index in [4.69, 9.17) is 0 Å². The fraction of sp³-hybridized carbons (Fsp3) is 0.630. The predicted octanol–water partition coefficient (Wildman–Crippen LogP) is 6.93. The van der Waals surface area contributed by atoms with Crippen LogP contribution in [0.2, 0.25) is 0 Å². The summed E-state index contributed by atoms with van der Waals surface area (Å²) >= 11 is 0. The lowest BCUT2D eigenvalue weighted by Gasteiger charge is -2.57. The number of carbonyl (C=O) groups excluding carboxylic acids is 2. The lowest BCUT2D eigenvalue weighted by molar-refractivity contribution is -0.141. The maximum Gasteiger partial charge on any atom is 0.418 e. The molecular formula is C27H30F6N2O2. The molecular weight excluding hydrogens is 498 g/mol. The van der Waals surface area contributed by atoms with Crippen LogP contribution in [0.4, 0.5) is 32.0 Å². The highest BCUT2D eigenvalue weighted by Gasteiger charge is 2.60. The summed E-state index contributed by atoms with van der Waals surface area (Å²) in [6.07, 6.45) is -2.95. The van der Waals surface area contributed by atoms with Gasteiger partial charge < -0.3 is 10.6 Å². The van der Waals surface area contributed by atoms with E-state index < -0.39 is 46.4 Å². The second-order valence-corrected chi connectivity index (χ2v) is 11.6. The first kappa shape index (κ1) is 26.1. The van der Waals surface area contributed by atoms with Gasteiger partial charge in [-0.2, -0.15) is 26.3 Å². The zero-order valence-electron chi connectivity index (χ0n) is 20.7. The van der Waals surface area contributed by atoms with E-state index in [1.807, 2.05) is 6.92 Å². The number of nitrogens with one attached hydrogen (secondary N) is 2. The molecule has 2 N–H and O–H groups in total. The monoisotopic (exact) mass is 528 g/mol. The normalized spacial score (nSPS) is 35.6. The Labute approximate surface area is 211 Å². The van der Waals surface area contributed by atoms with Crippen LogP contribution in [0.3, 0.4) is 0 Å². The smallest absolute Gasteiger partial charge is 0.330 e. The van der Waals surface area contributed by atoms with Crippen molar-refractivity contribution in [1.29, 1.82) is 0 Å². The van der Waals surface area contributed by atoms with Gasteiger partial charge in [-0.25, -0.2) is 0 Å². The number of carbonyl (C=O) groups is 2. The zero-order valence-corrected chi connectivity index (χ0v) is 20.7. The van der Waals surface area contributed by atoms with E-state index in [-0.39, 0.29) is 23.2 Å². The predicted molar refractivity (Wildman–Crippen MR) is 124 cm³/mol. The van der Waals surface area contributed by atoms with Crippen LogP contribution in [0.1, 0.15) is 69.9 Å². The summed E-state index contributed by atoms with van der Waals surface area (Å²) in [5.74, 6) is -0.464. The molecule has 5 rings (SSSR count). The molecule has 10 heteroatoms. The molecule has 0 spiro atoms. The van der Waals surface area contributed by atoms with E-state index in [1.54, 1.807) is 0 Å². The van der Waals surface area contributed by atoms with E-state index in [2.05, 4.69) is 23.6 Å². The molecule has 1 aromatic rings. The van der Waals surface area contributed by atoms with Gasteiger partial charge in [-0.15, -0.1) is 0 Å². The summed E-state index contributed by atoms with van der Waals surface area (Å²) in [6, 6.07) is 1.13. The first-order chi connectivity index (χ1) is 17.1. The number of hydrogen-bond donors (Lipinski definition) is 2. The van der Waals surface area contributed by atoms with Crippen molar-refractivity contribution in [1.82, 2.24) is 5.32 Å². The van der Waals surface area contributed by atoms with E-state index in [1.165, 1.54) is 0 Å². The highest BCUT2D eigenvalue weighted by molar-refractivity contribution is 5.94. The summed E-state index contributed by atoms with van der Waals surface area (Å²) < 4.78 is 80.4. The third-order valence-corrected chi connectivity index (χ3v) is 9.84. The van der Waals surface area contributed by atoms with Crippen molar-refractivity contribution in [2.75, 3.05) is 5.32 Å². The third-order valence-electron chi connectivity index (χ3n) is 9.84. The molecule has 0 unspecified atom stereocenters. The molecule has 1 heterocycles. The Morgan fingerprint density at radius 2 is 1.73 bits per heavy atom. The molecule has 202 valence electrons. The average Bonchev–Trinajstić information content (AvgIpc) is 3.15. The Bertz CT molecular complexity index is 1160. The molecule has 0 bridgehead atoms. The second kappa shape index (κ2) is 8.50. The number of halogens is 6. The van der Waals surface area contributed by atoms with E-state index >= 15 is 0 Å². The van der Waals surface area contributed by atoms with E-state index in [0.717, 1.165) is 31.4 Å². The van der Waals surface area contributed by atoms with Crippen molar-refractivity contribution >= 4 is 17.5 Å². The minimum Gasteiger partial charge on any atom is -0.330 e. The van der Waals surface area contributed by atoms with Gasteiger partial charge in [0, 0.05) is 23.5 Å². The van der Waals surface area contributed by atoms with Crippen molar-refractivity contribution in [2.45, 2.75) is 71.1 Å². The van der Waals surface area contributed by atoms with Gasteiger partial charge in [-0.05, 0) is 79.9 Å². The molecule has 3 fully saturated rings. The first-order valence-corrected chi connectivity index (χ1v) is 12.7. The lowest BCUT2D eigenvalue weighted by atomic mass is 9.49. The van der Waals surface area contributed by atoms with Gasteiger partial charge in [-0.3, -0.25) is 9.59 Å². The summed E-state index contributed by atoms with van der Waals surface area (Å²) in [5.41, 5.74) is -3.05. The fourth-order valence-electron chi connectivity index (χ4n) is 7.92. The topological polar surface area (TPSA) is 58.2 Å². The number of rotatable bonds is 2. The number of fused-ring (bicyclic) bond motifs is 5. The minimum absolute atomic E-state index is 0.0215. The Morgan fingerprint density at radius 1 is 1.00 bits per heavy atom. The molecule has 1 aromatic carbocycles. The van der Waals surface area contributed by atoms with Crippen LogP contribution in [-0.4, -0.2) is 11.8 Å². The van der Waals surface area contributed by atoms with Crippen LogP contribution < -0.4 is 10.6 Å². The van der Waals surface area contributed by atoms with Gasteiger partial charge in [0.25, 0.3) is 0 Å². The molecule has 1 saturated heterocycles. The Kier molecular flexibility index (Phi) is 5.99. The quantitative estimate of drug-likeness (QED) is 0.409. The molecule has 1 aliphatic heterocycles. The van der Waals surface area contributed by atoms with Gasteiger partial charge in [-0.1, -0.05) is 19.9 Å². The zero-order chi connectivity index (χ0) is 27.0. The molecule has 37 heavy (non-hydrogen) atoms. The van der Waals surface area contributed by atoms with Crippen LogP contribution in [0, 0.1) is 34.5 Å². The van der Waals surface area contributed by atoms with Gasteiger partial charge in [0.2, 0.25) is 11.8 Å². The van der Waals surface area contributed by atoms with Crippen molar-refractivity contribution < 1.29 is 35.9 Å². The summed E-state index contributed by atoms with van der Waals surface area (Å²) in [5, 5.41) is 5.28. The van der Waals surface area contributed by atoms with Crippen molar-refractivity contribution in [3.63, 3.8) is 0 Å². The van der Waals surface area contributed by atoms with Gasteiger partial charge in [0.15, 0.2) is 0 Å². The molecule has 0 radical (unpaired) electrons. The molecule has 4 nitrogen and oxygen atoms in total. The molecule has 2 saturated carbocycles. The second-order valence-electron chi connectivity index (χ2n) is 11.6. The highest BCUT2D eigenvalue weighted by atomic mass is 19.4. The van der Waals surface area contributed by atoms with Crippen molar-refractivity contribution in [3.8, 4) is 0 Å². The maximum atomic E-state index is 13.6. The standard InChI is InChI=1S/C27H30F6N2O2/c1-24-11-9-17-15(4-8-21-25(17,2)12-10-22(36)35-21)16(24)6-7-19(24)23(37)34-20-13-14(26(28,29)30)3-5-18(20)27(31,32)33/h3,5,8,13,15-17,19H,4,6-7,9-12H2,1-2H3,(H,34,37)(H,35,36)/t15-,16-,17-,19+,24-,25+/m0/s1. The minimum atomic E-state index is -4.91. The Balaban J connectivity index is 1.40. The number of amides is 2. The third kappa shape index (κ3) is 4.24. The molecule has 2 amide bonds. The number of anilines is 1. The Hall–Kier alpha value is -2.52. The number of allylic oxidation sites excluding steroid dienone is 2. The molecule has 0 aromatic heterocycles. The van der Waals surface area contributed by atoms with Crippen LogP contribution in [0.5, 0.6) is 0 Å². The number of piperidine rings is 1. The number of benzene rings is 1. The molecule has 3 aliphatic carbocycles. The molecule has 4 aliphatic rings. The van der Waals surface area contributed by atoms with Gasteiger partial charge >= 0.3 is 12.4 Å².